The fourth-order valence-corrected chi connectivity index (χ4v) is 2.44. The van der Waals surface area contributed by atoms with Crippen LogP contribution in [0.2, 0.25) is 4.34 Å². The van der Waals surface area contributed by atoms with Gasteiger partial charge in [0.25, 0.3) is 0 Å². The second-order valence-electron chi connectivity index (χ2n) is 3.74. The van der Waals surface area contributed by atoms with E-state index in [9.17, 15) is 13.2 Å². The van der Waals surface area contributed by atoms with Crippen molar-refractivity contribution < 1.29 is 17.9 Å². The molecule has 2 N–H and O–H groups in total. The summed E-state index contributed by atoms with van der Waals surface area (Å²) in [6.45, 7) is 2.56. The zero-order chi connectivity index (χ0) is 13.2. The Kier molecular flexibility index (Phi) is 4.83. The van der Waals surface area contributed by atoms with Crippen LogP contribution in [0.5, 0.6) is 0 Å². The van der Waals surface area contributed by atoms with E-state index >= 15 is 0 Å². The number of nitrogens with two attached hydrogens (primary N) is 1. The van der Waals surface area contributed by atoms with Gasteiger partial charge in [-0.1, -0.05) is 11.6 Å². The van der Waals surface area contributed by atoms with Gasteiger partial charge in [0.15, 0.2) is 6.10 Å². The number of ether oxygens (including phenoxy) is 1. The van der Waals surface area contributed by atoms with E-state index in [0.717, 1.165) is 6.92 Å². The van der Waals surface area contributed by atoms with Gasteiger partial charge in [-0.2, -0.15) is 13.2 Å². The molecule has 0 spiro atoms. The molecule has 0 aliphatic carbocycles. The van der Waals surface area contributed by atoms with E-state index in [1.807, 2.05) is 0 Å². The van der Waals surface area contributed by atoms with Crippen molar-refractivity contribution >= 4 is 22.9 Å². The molecule has 1 aromatic heterocycles. The predicted molar refractivity (Wildman–Crippen MR) is 62.3 cm³/mol. The molecule has 1 aromatic rings. The van der Waals surface area contributed by atoms with Gasteiger partial charge in [-0.3, -0.25) is 0 Å². The highest BCUT2D eigenvalue weighted by atomic mass is 35.5. The van der Waals surface area contributed by atoms with Gasteiger partial charge in [0, 0.05) is 10.9 Å². The van der Waals surface area contributed by atoms with Gasteiger partial charge in [-0.05, 0) is 26.0 Å². The average Bonchev–Trinajstić information content (AvgIpc) is 2.58. The van der Waals surface area contributed by atoms with E-state index in [1.54, 1.807) is 19.1 Å². The fraction of sp³-hybridized carbons (Fsp3) is 0.600. The number of rotatable bonds is 4. The minimum Gasteiger partial charge on any atom is -0.359 e. The Morgan fingerprint density at radius 1 is 1.35 bits per heavy atom. The summed E-state index contributed by atoms with van der Waals surface area (Å²) in [6, 6.07) is 2.69. The van der Waals surface area contributed by atoms with Crippen molar-refractivity contribution in [2.75, 3.05) is 0 Å². The Morgan fingerprint density at radius 3 is 2.29 bits per heavy atom. The highest BCUT2D eigenvalue weighted by Crippen LogP contribution is 2.34. The number of hydrogen-bond donors (Lipinski definition) is 1. The van der Waals surface area contributed by atoms with E-state index in [2.05, 4.69) is 0 Å². The van der Waals surface area contributed by atoms with Gasteiger partial charge in [0.2, 0.25) is 0 Å². The average molecular weight is 288 g/mol. The van der Waals surface area contributed by atoms with Crippen molar-refractivity contribution in [1.29, 1.82) is 0 Å². The van der Waals surface area contributed by atoms with Crippen LogP contribution >= 0.6 is 22.9 Å². The Hall–Kier alpha value is -0.300. The number of halogens is 4. The lowest BCUT2D eigenvalue weighted by Gasteiger charge is -2.25. The summed E-state index contributed by atoms with van der Waals surface area (Å²) >= 11 is 6.91. The van der Waals surface area contributed by atoms with Crippen LogP contribution in [0.15, 0.2) is 12.1 Å². The quantitative estimate of drug-likeness (QED) is 0.915. The summed E-state index contributed by atoms with van der Waals surface area (Å²) < 4.78 is 42.7. The molecule has 0 aliphatic rings. The first-order valence-electron chi connectivity index (χ1n) is 4.94. The lowest BCUT2D eigenvalue weighted by Crippen LogP contribution is -2.35. The summed E-state index contributed by atoms with van der Waals surface area (Å²) in [6.07, 6.45) is -7.06. The van der Waals surface area contributed by atoms with Gasteiger partial charge in [-0.15, -0.1) is 11.3 Å². The third-order valence-electron chi connectivity index (χ3n) is 2.16. The largest absolute Gasteiger partial charge is 0.414 e. The Balaban J connectivity index is 2.81. The van der Waals surface area contributed by atoms with Crippen LogP contribution in [0.1, 0.15) is 24.8 Å². The van der Waals surface area contributed by atoms with Gasteiger partial charge in [-0.25, -0.2) is 0 Å². The minimum atomic E-state index is -4.39. The second kappa shape index (κ2) is 5.56. The first-order valence-corrected chi connectivity index (χ1v) is 6.14. The van der Waals surface area contributed by atoms with Crippen molar-refractivity contribution in [3.05, 3.63) is 21.3 Å². The summed E-state index contributed by atoms with van der Waals surface area (Å²) in [5.74, 6) is 0. The van der Waals surface area contributed by atoms with Crippen LogP contribution in [0.3, 0.4) is 0 Å². The maximum atomic E-state index is 12.4. The Morgan fingerprint density at radius 2 is 1.94 bits per heavy atom. The van der Waals surface area contributed by atoms with Crippen LogP contribution < -0.4 is 5.73 Å². The molecule has 1 heterocycles. The maximum Gasteiger partial charge on any atom is 0.414 e. The summed E-state index contributed by atoms with van der Waals surface area (Å²) in [7, 11) is 0. The molecular formula is C10H13ClF3NOS. The SMILES string of the molecule is CC(N)C(OC(C)C(F)(F)F)c1ccc(Cl)s1. The molecule has 0 amide bonds. The van der Waals surface area contributed by atoms with Crippen molar-refractivity contribution in [1.82, 2.24) is 0 Å². The minimum absolute atomic E-state index is 0.494. The lowest BCUT2D eigenvalue weighted by molar-refractivity contribution is -0.229. The molecule has 0 radical (unpaired) electrons. The van der Waals surface area contributed by atoms with E-state index in [4.69, 9.17) is 22.1 Å². The van der Waals surface area contributed by atoms with Crippen LogP contribution in [-0.4, -0.2) is 18.3 Å². The molecular weight excluding hydrogens is 275 g/mol. The zero-order valence-corrected chi connectivity index (χ0v) is 10.9. The highest BCUT2D eigenvalue weighted by Gasteiger charge is 2.39. The topological polar surface area (TPSA) is 35.2 Å². The van der Waals surface area contributed by atoms with Gasteiger partial charge in [0.05, 0.1) is 4.34 Å². The molecule has 0 aliphatic heterocycles. The molecule has 17 heavy (non-hydrogen) atoms. The third-order valence-corrected chi connectivity index (χ3v) is 3.46. The summed E-state index contributed by atoms with van der Waals surface area (Å²) in [5, 5.41) is 0. The molecule has 7 heteroatoms. The smallest absolute Gasteiger partial charge is 0.359 e. The van der Waals surface area contributed by atoms with Gasteiger partial charge < -0.3 is 10.5 Å². The maximum absolute atomic E-state index is 12.4. The van der Waals surface area contributed by atoms with Crippen molar-refractivity contribution in [2.45, 2.75) is 38.3 Å². The molecule has 2 nitrogen and oxygen atoms in total. The standard InChI is InChI=1S/C10H13ClF3NOS/c1-5(15)9(7-3-4-8(11)17-7)16-6(2)10(12,13)14/h3-6,9H,15H2,1-2H3. The van der Waals surface area contributed by atoms with E-state index in [1.165, 1.54) is 11.3 Å². The molecule has 3 unspecified atom stereocenters. The highest BCUT2D eigenvalue weighted by molar-refractivity contribution is 7.16. The molecule has 1 rings (SSSR count). The third kappa shape index (κ3) is 4.13. The molecule has 98 valence electrons. The molecule has 0 aromatic carbocycles. The predicted octanol–water partition coefficient (Wildman–Crippen LogP) is 3.76. The monoisotopic (exact) mass is 287 g/mol. The number of hydrogen-bond acceptors (Lipinski definition) is 3. The fourth-order valence-electron chi connectivity index (χ4n) is 1.23. The Labute approximate surface area is 107 Å². The van der Waals surface area contributed by atoms with E-state index < -0.39 is 24.4 Å². The van der Waals surface area contributed by atoms with Crippen molar-refractivity contribution in [3.8, 4) is 0 Å². The Bertz CT molecular complexity index is 367. The molecule has 3 atom stereocenters. The summed E-state index contributed by atoms with van der Waals surface area (Å²) in [4.78, 5) is 0.598. The normalized spacial score (nSPS) is 17.8. The molecule has 0 bridgehead atoms. The van der Waals surface area contributed by atoms with Crippen molar-refractivity contribution in [3.63, 3.8) is 0 Å². The van der Waals surface area contributed by atoms with Gasteiger partial charge >= 0.3 is 6.18 Å². The molecule has 0 saturated heterocycles. The van der Waals surface area contributed by atoms with E-state index in [0.29, 0.717) is 9.21 Å². The first-order chi connectivity index (χ1) is 7.71. The van der Waals surface area contributed by atoms with Crippen LogP contribution in [-0.2, 0) is 4.74 Å². The van der Waals surface area contributed by atoms with Crippen molar-refractivity contribution in [2.24, 2.45) is 5.73 Å². The van der Waals surface area contributed by atoms with Crippen LogP contribution in [0.4, 0.5) is 13.2 Å². The second-order valence-corrected chi connectivity index (χ2v) is 5.49. The number of alkyl halides is 3. The van der Waals surface area contributed by atoms with Crippen LogP contribution in [0.25, 0.3) is 0 Å². The lowest BCUT2D eigenvalue weighted by atomic mass is 10.1. The molecule has 0 saturated carbocycles. The molecule has 0 fully saturated rings. The first kappa shape index (κ1) is 14.8. The van der Waals surface area contributed by atoms with Crippen LogP contribution in [0, 0.1) is 0 Å². The van der Waals surface area contributed by atoms with Gasteiger partial charge in [0.1, 0.15) is 6.10 Å². The zero-order valence-electron chi connectivity index (χ0n) is 9.29. The number of thiophene rings is 1. The summed E-state index contributed by atoms with van der Waals surface area (Å²) in [5.41, 5.74) is 5.64. The van der Waals surface area contributed by atoms with E-state index in [-0.39, 0.29) is 0 Å².